The SMILES string of the molecule is Cc1ccc(NCCCC(=O)O)nc1C. The molecule has 0 saturated carbocycles. The van der Waals surface area contributed by atoms with Gasteiger partial charge in [-0.2, -0.15) is 0 Å². The molecule has 0 bridgehead atoms. The molecule has 0 aliphatic heterocycles. The molecular weight excluding hydrogens is 192 g/mol. The number of carboxylic acid groups (broad SMARTS) is 1. The van der Waals surface area contributed by atoms with E-state index in [0.29, 0.717) is 13.0 Å². The third-order valence-electron chi connectivity index (χ3n) is 2.22. The van der Waals surface area contributed by atoms with Crippen molar-refractivity contribution >= 4 is 11.8 Å². The molecule has 0 amide bonds. The van der Waals surface area contributed by atoms with Crippen LogP contribution in [-0.2, 0) is 4.79 Å². The largest absolute Gasteiger partial charge is 0.481 e. The van der Waals surface area contributed by atoms with Gasteiger partial charge >= 0.3 is 5.97 Å². The predicted octanol–water partition coefficient (Wildman–Crippen LogP) is 1.98. The summed E-state index contributed by atoms with van der Waals surface area (Å²) in [5.74, 6) is 0.0494. The Labute approximate surface area is 89.3 Å². The molecule has 0 aliphatic carbocycles. The van der Waals surface area contributed by atoms with Crippen LogP contribution in [0, 0.1) is 13.8 Å². The summed E-state index contributed by atoms with van der Waals surface area (Å²) in [6.45, 7) is 4.61. The Morgan fingerprint density at radius 1 is 1.47 bits per heavy atom. The number of hydrogen-bond acceptors (Lipinski definition) is 3. The summed E-state index contributed by atoms with van der Waals surface area (Å²) in [6, 6.07) is 3.91. The van der Waals surface area contributed by atoms with Crippen LogP contribution in [0.15, 0.2) is 12.1 Å². The Balaban J connectivity index is 2.38. The zero-order valence-corrected chi connectivity index (χ0v) is 9.08. The minimum atomic E-state index is -0.759. The Hall–Kier alpha value is -1.58. The van der Waals surface area contributed by atoms with Crippen molar-refractivity contribution in [1.82, 2.24) is 4.98 Å². The monoisotopic (exact) mass is 208 g/mol. The van der Waals surface area contributed by atoms with Crippen LogP contribution in [0.3, 0.4) is 0 Å². The van der Waals surface area contributed by atoms with E-state index in [0.717, 1.165) is 17.1 Å². The van der Waals surface area contributed by atoms with Gasteiger partial charge in [0.15, 0.2) is 0 Å². The average Bonchev–Trinajstić information content (AvgIpc) is 2.18. The van der Waals surface area contributed by atoms with Gasteiger partial charge in [0.1, 0.15) is 5.82 Å². The lowest BCUT2D eigenvalue weighted by Gasteiger charge is -2.06. The van der Waals surface area contributed by atoms with Crippen LogP contribution in [0.4, 0.5) is 5.82 Å². The third kappa shape index (κ3) is 3.97. The first-order valence-electron chi connectivity index (χ1n) is 4.99. The molecule has 0 atom stereocenters. The zero-order valence-electron chi connectivity index (χ0n) is 9.08. The number of carbonyl (C=O) groups is 1. The van der Waals surface area contributed by atoms with Crippen molar-refractivity contribution in [3.63, 3.8) is 0 Å². The van der Waals surface area contributed by atoms with Gasteiger partial charge in [-0.15, -0.1) is 0 Å². The molecule has 0 fully saturated rings. The molecule has 2 N–H and O–H groups in total. The van der Waals surface area contributed by atoms with E-state index < -0.39 is 5.97 Å². The average molecular weight is 208 g/mol. The summed E-state index contributed by atoms with van der Waals surface area (Å²) in [5, 5.41) is 11.5. The fourth-order valence-corrected chi connectivity index (χ4v) is 1.19. The van der Waals surface area contributed by atoms with Crippen LogP contribution in [0.25, 0.3) is 0 Å². The van der Waals surface area contributed by atoms with Crippen molar-refractivity contribution in [2.24, 2.45) is 0 Å². The molecule has 0 aromatic carbocycles. The number of aliphatic carboxylic acids is 1. The highest BCUT2D eigenvalue weighted by Crippen LogP contribution is 2.08. The van der Waals surface area contributed by atoms with Crippen molar-refractivity contribution in [3.05, 3.63) is 23.4 Å². The fraction of sp³-hybridized carbons (Fsp3) is 0.455. The van der Waals surface area contributed by atoms with Crippen LogP contribution < -0.4 is 5.32 Å². The van der Waals surface area contributed by atoms with E-state index in [1.807, 2.05) is 26.0 Å². The Morgan fingerprint density at radius 2 is 2.20 bits per heavy atom. The Morgan fingerprint density at radius 3 is 2.80 bits per heavy atom. The first kappa shape index (κ1) is 11.5. The molecule has 1 rings (SSSR count). The molecule has 1 heterocycles. The maximum absolute atomic E-state index is 10.3. The molecule has 0 aliphatic rings. The Kier molecular flexibility index (Phi) is 4.09. The number of nitrogens with one attached hydrogen (secondary N) is 1. The third-order valence-corrected chi connectivity index (χ3v) is 2.22. The molecule has 0 saturated heterocycles. The summed E-state index contributed by atoms with van der Waals surface area (Å²) in [6.07, 6.45) is 0.807. The van der Waals surface area contributed by atoms with Gasteiger partial charge in [0.2, 0.25) is 0 Å². The lowest BCUT2D eigenvalue weighted by Crippen LogP contribution is -2.06. The van der Waals surface area contributed by atoms with Gasteiger partial charge < -0.3 is 10.4 Å². The van der Waals surface area contributed by atoms with Gasteiger partial charge in [0.05, 0.1) is 0 Å². The molecule has 4 nitrogen and oxygen atoms in total. The number of anilines is 1. The maximum atomic E-state index is 10.3. The van der Waals surface area contributed by atoms with Gasteiger partial charge in [-0.25, -0.2) is 4.98 Å². The molecule has 4 heteroatoms. The summed E-state index contributed by atoms with van der Waals surface area (Å²) in [5.41, 5.74) is 2.16. The van der Waals surface area contributed by atoms with E-state index in [-0.39, 0.29) is 6.42 Å². The quantitative estimate of drug-likeness (QED) is 0.726. The van der Waals surface area contributed by atoms with Gasteiger partial charge in [-0.3, -0.25) is 4.79 Å². The zero-order chi connectivity index (χ0) is 11.3. The highest BCUT2D eigenvalue weighted by Gasteiger charge is 1.99. The second kappa shape index (κ2) is 5.34. The topological polar surface area (TPSA) is 62.2 Å². The van der Waals surface area contributed by atoms with Crippen molar-refractivity contribution in [2.75, 3.05) is 11.9 Å². The molecule has 0 unspecified atom stereocenters. The number of nitrogens with zero attached hydrogens (tertiary/aromatic N) is 1. The number of hydrogen-bond donors (Lipinski definition) is 2. The molecule has 0 spiro atoms. The van der Waals surface area contributed by atoms with Crippen molar-refractivity contribution in [1.29, 1.82) is 0 Å². The summed E-state index contributed by atoms with van der Waals surface area (Å²) >= 11 is 0. The smallest absolute Gasteiger partial charge is 0.303 e. The number of aromatic nitrogens is 1. The van der Waals surface area contributed by atoms with Crippen molar-refractivity contribution < 1.29 is 9.90 Å². The van der Waals surface area contributed by atoms with Gasteiger partial charge in [0.25, 0.3) is 0 Å². The number of carboxylic acids is 1. The molecular formula is C11H16N2O2. The minimum absolute atomic E-state index is 0.192. The molecule has 82 valence electrons. The van der Waals surface area contributed by atoms with Gasteiger partial charge in [-0.1, -0.05) is 6.07 Å². The number of pyridine rings is 1. The highest BCUT2D eigenvalue weighted by atomic mass is 16.4. The van der Waals surface area contributed by atoms with E-state index in [9.17, 15) is 4.79 Å². The second-order valence-corrected chi connectivity index (χ2v) is 3.52. The maximum Gasteiger partial charge on any atom is 0.303 e. The Bertz CT molecular complexity index is 350. The lowest BCUT2D eigenvalue weighted by molar-refractivity contribution is -0.137. The summed E-state index contributed by atoms with van der Waals surface area (Å²) in [7, 11) is 0. The van der Waals surface area contributed by atoms with E-state index in [2.05, 4.69) is 10.3 Å². The fourth-order valence-electron chi connectivity index (χ4n) is 1.19. The number of rotatable bonds is 5. The normalized spacial score (nSPS) is 10.0. The van der Waals surface area contributed by atoms with E-state index >= 15 is 0 Å². The molecule has 1 aromatic rings. The van der Waals surface area contributed by atoms with E-state index in [4.69, 9.17) is 5.11 Å². The van der Waals surface area contributed by atoms with Crippen LogP contribution in [-0.4, -0.2) is 22.6 Å². The lowest BCUT2D eigenvalue weighted by atomic mass is 10.2. The summed E-state index contributed by atoms with van der Waals surface area (Å²) < 4.78 is 0. The highest BCUT2D eigenvalue weighted by molar-refractivity contribution is 5.66. The first-order valence-corrected chi connectivity index (χ1v) is 4.99. The predicted molar refractivity (Wildman–Crippen MR) is 59.1 cm³/mol. The summed E-state index contributed by atoms with van der Waals surface area (Å²) in [4.78, 5) is 14.6. The van der Waals surface area contributed by atoms with Crippen LogP contribution in [0.5, 0.6) is 0 Å². The van der Waals surface area contributed by atoms with Crippen LogP contribution in [0.2, 0.25) is 0 Å². The van der Waals surface area contributed by atoms with Crippen molar-refractivity contribution in [2.45, 2.75) is 26.7 Å². The van der Waals surface area contributed by atoms with Gasteiger partial charge in [0, 0.05) is 18.7 Å². The number of aryl methyl sites for hydroxylation is 2. The first-order chi connectivity index (χ1) is 7.09. The molecule has 15 heavy (non-hydrogen) atoms. The standard InChI is InChI=1S/C11H16N2O2/c1-8-5-6-10(13-9(8)2)12-7-3-4-11(14)15/h5-6H,3-4,7H2,1-2H3,(H,12,13)(H,14,15). The van der Waals surface area contributed by atoms with Crippen molar-refractivity contribution in [3.8, 4) is 0 Å². The van der Waals surface area contributed by atoms with Crippen LogP contribution >= 0.6 is 0 Å². The van der Waals surface area contributed by atoms with E-state index in [1.54, 1.807) is 0 Å². The van der Waals surface area contributed by atoms with Gasteiger partial charge in [-0.05, 0) is 31.9 Å². The second-order valence-electron chi connectivity index (χ2n) is 3.52. The minimum Gasteiger partial charge on any atom is -0.481 e. The van der Waals surface area contributed by atoms with Crippen LogP contribution in [0.1, 0.15) is 24.1 Å². The molecule has 0 radical (unpaired) electrons. The molecule has 1 aromatic heterocycles. The van der Waals surface area contributed by atoms with E-state index in [1.165, 1.54) is 0 Å².